The Kier molecular flexibility index (Phi) is 4.24. The van der Waals surface area contributed by atoms with Gasteiger partial charge in [-0.2, -0.15) is 0 Å². The predicted octanol–water partition coefficient (Wildman–Crippen LogP) is 4.05. The highest BCUT2D eigenvalue weighted by molar-refractivity contribution is 6.13. The van der Waals surface area contributed by atoms with Gasteiger partial charge in [0.05, 0.1) is 25.9 Å². The molecule has 2 aromatic carbocycles. The molecule has 0 spiro atoms. The smallest absolute Gasteiger partial charge is 0.193 e. The molecule has 0 unspecified atom stereocenters. The fourth-order valence-corrected chi connectivity index (χ4v) is 2.49. The number of carbonyl (C=O) groups excluding carboxylic acids is 1. The van der Waals surface area contributed by atoms with Gasteiger partial charge in [0.15, 0.2) is 5.78 Å². The van der Waals surface area contributed by atoms with Crippen molar-refractivity contribution in [3.63, 3.8) is 0 Å². The summed E-state index contributed by atoms with van der Waals surface area (Å²) >= 11 is 0. The number of phenols is 1. The van der Waals surface area contributed by atoms with Crippen LogP contribution in [0, 0.1) is 0 Å². The van der Waals surface area contributed by atoms with Crippen LogP contribution in [0.5, 0.6) is 17.2 Å². The Bertz CT molecular complexity index is 903. The van der Waals surface area contributed by atoms with Gasteiger partial charge in [0.2, 0.25) is 0 Å². The fourth-order valence-electron chi connectivity index (χ4n) is 2.49. The molecule has 1 heterocycles. The van der Waals surface area contributed by atoms with Crippen LogP contribution in [-0.2, 0) is 0 Å². The number of allylic oxidation sites excluding steroid dienone is 1. The van der Waals surface area contributed by atoms with Crippen molar-refractivity contribution in [3.8, 4) is 17.2 Å². The van der Waals surface area contributed by atoms with Crippen LogP contribution in [0.4, 0.5) is 0 Å². The van der Waals surface area contributed by atoms with Gasteiger partial charge in [-0.1, -0.05) is 18.2 Å². The average Bonchev–Trinajstić information content (AvgIpc) is 3.06. The Hall–Kier alpha value is -3.21. The molecule has 0 aliphatic rings. The van der Waals surface area contributed by atoms with Crippen LogP contribution >= 0.6 is 0 Å². The number of methoxy groups -OCH3 is 2. The van der Waals surface area contributed by atoms with Crippen molar-refractivity contribution in [2.45, 2.75) is 0 Å². The first kappa shape index (κ1) is 15.7. The molecule has 0 amide bonds. The molecule has 5 heteroatoms. The van der Waals surface area contributed by atoms with Gasteiger partial charge in [0.1, 0.15) is 28.4 Å². The topological polar surface area (TPSA) is 68.9 Å². The number of benzene rings is 2. The fraction of sp³-hybridized carbons (Fsp3) is 0.105. The first-order chi connectivity index (χ1) is 11.6. The second-order valence-corrected chi connectivity index (χ2v) is 5.11. The van der Waals surface area contributed by atoms with Crippen LogP contribution in [-0.4, -0.2) is 25.1 Å². The van der Waals surface area contributed by atoms with E-state index in [1.807, 2.05) is 12.1 Å². The number of hydrogen-bond donors (Lipinski definition) is 1. The minimum Gasteiger partial charge on any atom is -0.507 e. The number of ketones is 1. The number of rotatable bonds is 5. The van der Waals surface area contributed by atoms with Crippen LogP contribution in [0.3, 0.4) is 0 Å². The molecule has 0 bridgehead atoms. The summed E-state index contributed by atoms with van der Waals surface area (Å²) in [7, 11) is 3.04. The van der Waals surface area contributed by atoms with Gasteiger partial charge < -0.3 is 19.0 Å². The summed E-state index contributed by atoms with van der Waals surface area (Å²) in [6.07, 6.45) is 4.54. The second-order valence-electron chi connectivity index (χ2n) is 5.11. The van der Waals surface area contributed by atoms with Crippen molar-refractivity contribution in [1.82, 2.24) is 0 Å². The van der Waals surface area contributed by atoms with Gasteiger partial charge in [-0.05, 0) is 29.8 Å². The van der Waals surface area contributed by atoms with E-state index in [4.69, 9.17) is 13.9 Å². The van der Waals surface area contributed by atoms with E-state index in [2.05, 4.69) is 0 Å². The maximum absolute atomic E-state index is 12.5. The number of fused-ring (bicyclic) bond motifs is 1. The van der Waals surface area contributed by atoms with E-state index in [-0.39, 0.29) is 17.1 Å². The van der Waals surface area contributed by atoms with Crippen molar-refractivity contribution in [3.05, 3.63) is 59.9 Å². The molecule has 24 heavy (non-hydrogen) atoms. The zero-order valence-electron chi connectivity index (χ0n) is 13.3. The van der Waals surface area contributed by atoms with Crippen molar-refractivity contribution in [1.29, 1.82) is 0 Å². The number of ether oxygens (including phenoxy) is 2. The van der Waals surface area contributed by atoms with Gasteiger partial charge in [-0.3, -0.25) is 4.79 Å². The molecular formula is C19H16O5. The Labute approximate surface area is 138 Å². The van der Waals surface area contributed by atoms with Crippen LogP contribution in [0.15, 0.2) is 53.2 Å². The minimum absolute atomic E-state index is 0.108. The Morgan fingerprint density at radius 1 is 1.12 bits per heavy atom. The van der Waals surface area contributed by atoms with E-state index in [1.54, 1.807) is 31.4 Å². The van der Waals surface area contributed by atoms with E-state index < -0.39 is 0 Å². The lowest BCUT2D eigenvalue weighted by molar-refractivity contribution is 0.104. The van der Waals surface area contributed by atoms with E-state index in [9.17, 15) is 9.90 Å². The molecule has 3 rings (SSSR count). The molecule has 0 radical (unpaired) electrons. The quantitative estimate of drug-likeness (QED) is 0.566. The lowest BCUT2D eigenvalue weighted by atomic mass is 10.0. The first-order valence-electron chi connectivity index (χ1n) is 7.27. The molecule has 1 N–H and O–H groups in total. The van der Waals surface area contributed by atoms with Crippen LogP contribution in [0.25, 0.3) is 17.0 Å². The molecule has 5 nitrogen and oxygen atoms in total. The molecule has 0 aliphatic heterocycles. The summed E-state index contributed by atoms with van der Waals surface area (Å²) in [5.74, 6) is 0.494. The molecule has 0 saturated carbocycles. The van der Waals surface area contributed by atoms with E-state index in [0.717, 1.165) is 11.3 Å². The third kappa shape index (κ3) is 2.84. The van der Waals surface area contributed by atoms with Crippen LogP contribution < -0.4 is 9.47 Å². The van der Waals surface area contributed by atoms with Gasteiger partial charge in [0.25, 0.3) is 0 Å². The third-order valence-electron chi connectivity index (χ3n) is 3.68. The van der Waals surface area contributed by atoms with Gasteiger partial charge in [0, 0.05) is 6.07 Å². The minimum atomic E-state index is -0.358. The zero-order chi connectivity index (χ0) is 17.1. The first-order valence-corrected chi connectivity index (χ1v) is 7.27. The van der Waals surface area contributed by atoms with Crippen LogP contribution in [0.1, 0.15) is 15.9 Å². The van der Waals surface area contributed by atoms with Gasteiger partial charge >= 0.3 is 0 Å². The van der Waals surface area contributed by atoms with Crippen LogP contribution in [0.2, 0.25) is 0 Å². The summed E-state index contributed by atoms with van der Waals surface area (Å²) < 4.78 is 15.6. The van der Waals surface area contributed by atoms with Crippen molar-refractivity contribution >= 4 is 22.8 Å². The Morgan fingerprint density at radius 3 is 2.54 bits per heavy atom. The largest absolute Gasteiger partial charge is 0.507 e. The molecule has 0 saturated heterocycles. The number of hydrogen-bond acceptors (Lipinski definition) is 5. The summed E-state index contributed by atoms with van der Waals surface area (Å²) in [6.45, 7) is 0. The van der Waals surface area contributed by atoms with E-state index in [0.29, 0.717) is 16.7 Å². The molecule has 0 atom stereocenters. The highest BCUT2D eigenvalue weighted by atomic mass is 16.5. The third-order valence-corrected chi connectivity index (χ3v) is 3.68. The van der Waals surface area contributed by atoms with E-state index >= 15 is 0 Å². The van der Waals surface area contributed by atoms with E-state index in [1.165, 1.54) is 25.5 Å². The lowest BCUT2D eigenvalue weighted by Crippen LogP contribution is -2.00. The number of carbonyl (C=O) groups is 1. The molecule has 122 valence electrons. The molecule has 0 fully saturated rings. The molecular weight excluding hydrogens is 308 g/mol. The molecule has 0 aliphatic carbocycles. The highest BCUT2D eigenvalue weighted by Crippen LogP contribution is 2.37. The maximum atomic E-state index is 12.5. The maximum Gasteiger partial charge on any atom is 0.193 e. The van der Waals surface area contributed by atoms with Gasteiger partial charge in [-0.25, -0.2) is 0 Å². The zero-order valence-corrected chi connectivity index (χ0v) is 13.3. The predicted molar refractivity (Wildman–Crippen MR) is 90.8 cm³/mol. The molecule has 1 aromatic heterocycles. The summed E-state index contributed by atoms with van der Waals surface area (Å²) in [6, 6.07) is 10.4. The van der Waals surface area contributed by atoms with Crippen molar-refractivity contribution in [2.24, 2.45) is 0 Å². The SMILES string of the molecule is COc1ccc(/C=C/C(=O)c2c(O)cc3occc3c2OC)cc1. The second kappa shape index (κ2) is 6.50. The summed E-state index contributed by atoms with van der Waals surface area (Å²) in [5, 5.41) is 10.8. The van der Waals surface area contributed by atoms with Crippen molar-refractivity contribution < 1.29 is 23.8 Å². The normalized spacial score (nSPS) is 11.1. The molecule has 3 aromatic rings. The standard InChI is InChI=1S/C19H16O5/c1-22-13-6-3-12(4-7-13)5-8-15(20)18-16(21)11-17-14(9-10-24-17)19(18)23-2/h3-11,21H,1-2H3/b8-5+. The number of aromatic hydroxyl groups is 1. The summed E-state index contributed by atoms with van der Waals surface area (Å²) in [5.41, 5.74) is 1.41. The number of phenolic OH excluding ortho intramolecular Hbond substituents is 1. The van der Waals surface area contributed by atoms with Gasteiger partial charge in [-0.15, -0.1) is 0 Å². The number of furan rings is 1. The lowest BCUT2D eigenvalue weighted by Gasteiger charge is -2.09. The monoisotopic (exact) mass is 324 g/mol. The summed E-state index contributed by atoms with van der Waals surface area (Å²) in [4.78, 5) is 12.5. The Morgan fingerprint density at radius 2 is 1.88 bits per heavy atom. The Balaban J connectivity index is 1.95. The average molecular weight is 324 g/mol. The van der Waals surface area contributed by atoms with Crippen molar-refractivity contribution in [2.75, 3.05) is 14.2 Å². The highest BCUT2D eigenvalue weighted by Gasteiger charge is 2.20.